The van der Waals surface area contributed by atoms with Crippen LogP contribution in [-0.4, -0.2) is 4.98 Å². The minimum Gasteiger partial charge on any atom is -0.300 e. The Morgan fingerprint density at radius 3 is 2.45 bits per heavy atom. The molecule has 11 heavy (non-hydrogen) atoms. The van der Waals surface area contributed by atoms with Gasteiger partial charge < -0.3 is 0 Å². The molecule has 1 aromatic heterocycles. The first-order valence-electron chi connectivity index (χ1n) is 3.46. The van der Waals surface area contributed by atoms with Gasteiger partial charge >= 0.3 is 0 Å². The van der Waals surface area contributed by atoms with Crippen molar-refractivity contribution in [3.63, 3.8) is 0 Å². The maximum Gasteiger partial charge on any atom is 0.197 e. The Labute approximate surface area is 70.6 Å². The van der Waals surface area contributed by atoms with Crippen molar-refractivity contribution in [3.05, 3.63) is 11.1 Å². The lowest BCUT2D eigenvalue weighted by Crippen LogP contribution is -2.12. The quantitative estimate of drug-likeness (QED) is 0.499. The number of anilines is 1. The first-order valence-corrected chi connectivity index (χ1v) is 4.34. The largest absolute Gasteiger partial charge is 0.300 e. The standard InChI is InChI=1S/C7H13N3S/c1-7(2,3)5-4-11-6(9-5)10-8/h4H,8H2,1-3H3,(H,9,10). The third-order valence-corrected chi connectivity index (χ3v) is 2.17. The highest BCUT2D eigenvalue weighted by atomic mass is 32.1. The summed E-state index contributed by atoms with van der Waals surface area (Å²) in [5, 5.41) is 2.80. The Morgan fingerprint density at radius 1 is 1.55 bits per heavy atom. The molecule has 62 valence electrons. The summed E-state index contributed by atoms with van der Waals surface area (Å²) in [5.74, 6) is 5.20. The maximum atomic E-state index is 5.20. The van der Waals surface area contributed by atoms with E-state index >= 15 is 0 Å². The first-order chi connectivity index (χ1) is 5.04. The summed E-state index contributed by atoms with van der Waals surface area (Å²) in [5.41, 5.74) is 3.72. The van der Waals surface area contributed by atoms with E-state index in [-0.39, 0.29) is 5.41 Å². The second-order valence-corrected chi connectivity index (χ2v) is 4.29. The van der Waals surface area contributed by atoms with E-state index in [2.05, 4.69) is 31.2 Å². The second-order valence-electron chi connectivity index (χ2n) is 3.43. The normalized spacial score (nSPS) is 11.6. The van der Waals surface area contributed by atoms with Gasteiger partial charge in [0.2, 0.25) is 0 Å². The molecule has 0 unspecified atom stereocenters. The predicted molar refractivity (Wildman–Crippen MR) is 48.6 cm³/mol. The van der Waals surface area contributed by atoms with Crippen LogP contribution in [0, 0.1) is 0 Å². The van der Waals surface area contributed by atoms with Gasteiger partial charge in [-0.3, -0.25) is 5.43 Å². The summed E-state index contributed by atoms with van der Waals surface area (Å²) in [4.78, 5) is 4.28. The summed E-state index contributed by atoms with van der Waals surface area (Å²) >= 11 is 1.53. The minimum absolute atomic E-state index is 0.117. The van der Waals surface area contributed by atoms with Crippen molar-refractivity contribution < 1.29 is 0 Å². The van der Waals surface area contributed by atoms with Gasteiger partial charge in [-0.05, 0) is 0 Å². The van der Waals surface area contributed by atoms with Crippen molar-refractivity contribution in [2.75, 3.05) is 5.43 Å². The zero-order chi connectivity index (χ0) is 8.48. The molecule has 1 rings (SSSR count). The molecule has 0 fully saturated rings. The molecule has 1 heterocycles. The van der Waals surface area contributed by atoms with Gasteiger partial charge in [0.15, 0.2) is 5.13 Å². The van der Waals surface area contributed by atoms with Gasteiger partial charge in [0, 0.05) is 10.8 Å². The van der Waals surface area contributed by atoms with Crippen LogP contribution in [0.3, 0.4) is 0 Å². The van der Waals surface area contributed by atoms with Crippen LogP contribution in [0.15, 0.2) is 5.38 Å². The third-order valence-electron chi connectivity index (χ3n) is 1.40. The van der Waals surface area contributed by atoms with Gasteiger partial charge in [-0.1, -0.05) is 20.8 Å². The molecule has 0 radical (unpaired) electrons. The molecular weight excluding hydrogens is 158 g/mol. The van der Waals surface area contributed by atoms with E-state index in [4.69, 9.17) is 5.84 Å². The molecule has 0 atom stereocenters. The average molecular weight is 171 g/mol. The Hall–Kier alpha value is -0.610. The number of hydrogen-bond acceptors (Lipinski definition) is 4. The number of nitrogens with two attached hydrogens (primary N) is 1. The molecule has 0 amide bonds. The van der Waals surface area contributed by atoms with E-state index in [9.17, 15) is 0 Å². The van der Waals surface area contributed by atoms with Crippen LogP contribution in [0.5, 0.6) is 0 Å². The summed E-state index contributed by atoms with van der Waals surface area (Å²) in [7, 11) is 0. The van der Waals surface area contributed by atoms with E-state index in [1.807, 2.05) is 5.38 Å². The fourth-order valence-electron chi connectivity index (χ4n) is 0.685. The average Bonchev–Trinajstić information content (AvgIpc) is 2.32. The highest BCUT2D eigenvalue weighted by molar-refractivity contribution is 7.13. The number of hydrazine groups is 1. The lowest BCUT2D eigenvalue weighted by Gasteiger charge is -2.13. The van der Waals surface area contributed by atoms with E-state index in [0.29, 0.717) is 0 Å². The number of nitrogen functional groups attached to an aromatic ring is 1. The second kappa shape index (κ2) is 2.79. The summed E-state index contributed by atoms with van der Waals surface area (Å²) in [6.45, 7) is 6.38. The van der Waals surface area contributed by atoms with Crippen molar-refractivity contribution in [3.8, 4) is 0 Å². The van der Waals surface area contributed by atoms with Crippen LogP contribution in [-0.2, 0) is 5.41 Å². The lowest BCUT2D eigenvalue weighted by molar-refractivity contribution is 0.573. The fraction of sp³-hybridized carbons (Fsp3) is 0.571. The number of thiazole rings is 1. The van der Waals surface area contributed by atoms with Crippen molar-refractivity contribution in [1.29, 1.82) is 0 Å². The molecule has 0 aromatic carbocycles. The zero-order valence-electron chi connectivity index (χ0n) is 7.01. The van der Waals surface area contributed by atoms with E-state index < -0.39 is 0 Å². The smallest absolute Gasteiger partial charge is 0.197 e. The molecule has 3 N–H and O–H groups in total. The molecule has 0 aliphatic carbocycles. The van der Waals surface area contributed by atoms with Crippen LogP contribution in [0.25, 0.3) is 0 Å². The van der Waals surface area contributed by atoms with Crippen LogP contribution >= 0.6 is 11.3 Å². The lowest BCUT2D eigenvalue weighted by atomic mass is 9.93. The highest BCUT2D eigenvalue weighted by Gasteiger charge is 2.16. The molecule has 0 saturated heterocycles. The van der Waals surface area contributed by atoms with Gasteiger partial charge in [0.25, 0.3) is 0 Å². The third kappa shape index (κ3) is 1.91. The molecule has 0 saturated carbocycles. The molecule has 0 bridgehead atoms. The molecule has 3 nitrogen and oxygen atoms in total. The number of rotatable bonds is 1. The Bertz CT molecular complexity index is 236. The molecule has 4 heteroatoms. The molecule has 0 aliphatic heterocycles. The van der Waals surface area contributed by atoms with Crippen LogP contribution in [0.2, 0.25) is 0 Å². The summed E-state index contributed by atoms with van der Waals surface area (Å²) in [6.07, 6.45) is 0. The Morgan fingerprint density at radius 2 is 2.18 bits per heavy atom. The van der Waals surface area contributed by atoms with Gasteiger partial charge in [0.1, 0.15) is 0 Å². The molecular formula is C7H13N3S. The van der Waals surface area contributed by atoms with E-state index in [1.165, 1.54) is 11.3 Å². The number of hydrogen-bond donors (Lipinski definition) is 2. The van der Waals surface area contributed by atoms with Gasteiger partial charge in [0.05, 0.1) is 5.69 Å². The zero-order valence-corrected chi connectivity index (χ0v) is 7.83. The number of nitrogens with zero attached hydrogens (tertiary/aromatic N) is 1. The van der Waals surface area contributed by atoms with Crippen molar-refractivity contribution in [1.82, 2.24) is 4.98 Å². The Kier molecular flexibility index (Phi) is 2.15. The summed E-state index contributed by atoms with van der Waals surface area (Å²) in [6, 6.07) is 0. The minimum atomic E-state index is 0.117. The molecule has 1 aromatic rings. The van der Waals surface area contributed by atoms with Gasteiger partial charge in [-0.15, -0.1) is 11.3 Å². The number of nitrogens with one attached hydrogen (secondary N) is 1. The van der Waals surface area contributed by atoms with Gasteiger partial charge in [-0.25, -0.2) is 10.8 Å². The van der Waals surface area contributed by atoms with Crippen LogP contribution in [0.1, 0.15) is 26.5 Å². The predicted octanol–water partition coefficient (Wildman–Crippen LogP) is 1.73. The van der Waals surface area contributed by atoms with Crippen molar-refractivity contribution in [2.24, 2.45) is 5.84 Å². The van der Waals surface area contributed by atoms with Crippen molar-refractivity contribution in [2.45, 2.75) is 26.2 Å². The van der Waals surface area contributed by atoms with Gasteiger partial charge in [-0.2, -0.15) is 0 Å². The number of aromatic nitrogens is 1. The van der Waals surface area contributed by atoms with E-state index in [1.54, 1.807) is 0 Å². The Balaban J connectivity index is 2.89. The SMILES string of the molecule is CC(C)(C)c1csc(NN)n1. The highest BCUT2D eigenvalue weighted by Crippen LogP contribution is 2.25. The summed E-state index contributed by atoms with van der Waals surface area (Å²) < 4.78 is 0. The molecule has 0 aliphatic rings. The van der Waals surface area contributed by atoms with Crippen molar-refractivity contribution >= 4 is 16.5 Å². The first kappa shape index (κ1) is 8.49. The maximum absolute atomic E-state index is 5.20. The topological polar surface area (TPSA) is 50.9 Å². The van der Waals surface area contributed by atoms with Crippen LogP contribution in [0.4, 0.5) is 5.13 Å². The monoisotopic (exact) mass is 171 g/mol. The van der Waals surface area contributed by atoms with E-state index in [0.717, 1.165) is 10.8 Å². The fourth-order valence-corrected chi connectivity index (χ4v) is 1.53. The molecule has 0 spiro atoms. The van der Waals surface area contributed by atoms with Crippen LogP contribution < -0.4 is 11.3 Å².